The number of nitrogens with zero attached hydrogens (tertiary/aromatic N) is 4. The van der Waals surface area contributed by atoms with E-state index >= 15 is 0 Å². The lowest BCUT2D eigenvalue weighted by Crippen LogP contribution is -2.00. The maximum atomic E-state index is 6.53. The number of hydrogen-bond donors (Lipinski definition) is 0. The van der Waals surface area contributed by atoms with Crippen LogP contribution in [-0.2, 0) is 0 Å². The SMILES string of the molecule is c1ccc(-c2ccc(-c3nc(-c4ccccc4)nc(-c4ccc(-c5cccc6oc7ccc(-n8c9ccccc9c9cc(-c%10ccccc%10)ccc98)cc7c56)cc4)n3)cc2)cc1. The number of aromatic nitrogens is 4. The standard InChI is InChI=1S/C57H36N4O/c1-4-13-37(14-5-1)39-23-27-42(28-24-39)56-58-55(41-17-8-3-9-18-41)59-57(60-56)43-29-25-40(26-30-43)46-20-12-22-53-54(46)49-36-45(32-34-52(49)62-53)61-50-21-11-10-19-47(50)48-35-44(31-33-51(48)61)38-15-6-2-7-16-38/h1-36H. The van der Waals surface area contributed by atoms with E-state index in [1.54, 1.807) is 0 Å². The zero-order valence-corrected chi connectivity index (χ0v) is 33.5. The van der Waals surface area contributed by atoms with Crippen molar-refractivity contribution in [3.63, 3.8) is 0 Å². The largest absolute Gasteiger partial charge is 0.456 e. The van der Waals surface area contributed by atoms with E-state index in [0.29, 0.717) is 17.5 Å². The van der Waals surface area contributed by atoms with Crippen LogP contribution in [0.4, 0.5) is 0 Å². The molecule has 0 aliphatic rings. The van der Waals surface area contributed by atoms with Crippen molar-refractivity contribution in [2.45, 2.75) is 0 Å². The van der Waals surface area contributed by atoms with Gasteiger partial charge in [0.05, 0.1) is 11.0 Å². The van der Waals surface area contributed by atoms with Crippen LogP contribution in [0.3, 0.4) is 0 Å². The van der Waals surface area contributed by atoms with Crippen molar-refractivity contribution >= 4 is 43.7 Å². The first-order valence-electron chi connectivity index (χ1n) is 20.8. The van der Waals surface area contributed by atoms with Crippen molar-refractivity contribution in [3.05, 3.63) is 218 Å². The highest BCUT2D eigenvalue weighted by Gasteiger charge is 2.18. The molecule has 290 valence electrons. The monoisotopic (exact) mass is 792 g/mol. The lowest BCUT2D eigenvalue weighted by molar-refractivity contribution is 0.669. The summed E-state index contributed by atoms with van der Waals surface area (Å²) in [5.41, 5.74) is 14.8. The van der Waals surface area contributed by atoms with Crippen LogP contribution < -0.4 is 0 Å². The molecule has 0 N–H and O–H groups in total. The number of rotatable bonds is 7. The molecule has 62 heavy (non-hydrogen) atoms. The maximum absolute atomic E-state index is 6.53. The molecule has 3 heterocycles. The van der Waals surface area contributed by atoms with E-state index in [0.717, 1.165) is 72.0 Å². The van der Waals surface area contributed by atoms with Crippen molar-refractivity contribution < 1.29 is 4.42 Å². The molecule has 0 bridgehead atoms. The van der Waals surface area contributed by atoms with E-state index in [1.807, 2.05) is 36.4 Å². The van der Waals surface area contributed by atoms with Crippen LogP contribution in [0.15, 0.2) is 223 Å². The highest BCUT2D eigenvalue weighted by Crippen LogP contribution is 2.40. The van der Waals surface area contributed by atoms with Crippen LogP contribution in [0.5, 0.6) is 0 Å². The minimum atomic E-state index is 0.617. The summed E-state index contributed by atoms with van der Waals surface area (Å²) in [6, 6.07) is 76.3. The molecule has 12 rings (SSSR count). The third-order valence-corrected chi connectivity index (χ3v) is 11.9. The Morgan fingerprint density at radius 2 is 0.806 bits per heavy atom. The Morgan fingerprint density at radius 1 is 0.306 bits per heavy atom. The molecule has 0 fully saturated rings. The second kappa shape index (κ2) is 14.7. The van der Waals surface area contributed by atoms with Gasteiger partial charge in [0.15, 0.2) is 17.5 Å². The molecule has 0 aliphatic carbocycles. The highest BCUT2D eigenvalue weighted by atomic mass is 16.3. The second-order valence-electron chi connectivity index (χ2n) is 15.6. The fourth-order valence-electron chi connectivity index (χ4n) is 8.85. The minimum absolute atomic E-state index is 0.617. The first-order chi connectivity index (χ1) is 30.7. The Kier molecular flexibility index (Phi) is 8.42. The molecule has 0 saturated carbocycles. The number of fused-ring (bicyclic) bond motifs is 6. The van der Waals surface area contributed by atoms with Gasteiger partial charge in [0.1, 0.15) is 11.2 Å². The van der Waals surface area contributed by atoms with Crippen LogP contribution in [0.25, 0.3) is 117 Å². The Balaban J connectivity index is 0.942. The van der Waals surface area contributed by atoms with Crippen molar-refractivity contribution in [3.8, 4) is 73.2 Å². The molecule has 12 aromatic rings. The number of benzene rings is 9. The zero-order chi connectivity index (χ0) is 41.0. The average molecular weight is 793 g/mol. The van der Waals surface area contributed by atoms with Crippen LogP contribution in [0, 0.1) is 0 Å². The molecule has 0 radical (unpaired) electrons. The van der Waals surface area contributed by atoms with E-state index in [4.69, 9.17) is 19.4 Å². The summed E-state index contributed by atoms with van der Waals surface area (Å²) in [6.45, 7) is 0. The third kappa shape index (κ3) is 6.14. The van der Waals surface area contributed by atoms with Crippen LogP contribution in [0.1, 0.15) is 0 Å². The smallest absolute Gasteiger partial charge is 0.164 e. The summed E-state index contributed by atoms with van der Waals surface area (Å²) < 4.78 is 8.90. The van der Waals surface area contributed by atoms with Gasteiger partial charge in [-0.2, -0.15) is 0 Å². The molecule has 5 heteroatoms. The predicted octanol–water partition coefficient (Wildman–Crippen LogP) is 14.9. The molecule has 0 spiro atoms. The van der Waals surface area contributed by atoms with Gasteiger partial charge in [0.25, 0.3) is 0 Å². The van der Waals surface area contributed by atoms with E-state index in [9.17, 15) is 0 Å². The summed E-state index contributed by atoms with van der Waals surface area (Å²) >= 11 is 0. The van der Waals surface area contributed by atoms with Crippen LogP contribution in [-0.4, -0.2) is 19.5 Å². The molecule has 0 atom stereocenters. The average Bonchev–Trinajstić information content (AvgIpc) is 3.90. The van der Waals surface area contributed by atoms with Gasteiger partial charge in [-0.3, -0.25) is 0 Å². The first-order valence-corrected chi connectivity index (χ1v) is 20.8. The number of para-hydroxylation sites is 1. The summed E-state index contributed by atoms with van der Waals surface area (Å²) in [5.74, 6) is 1.88. The van der Waals surface area contributed by atoms with E-state index < -0.39 is 0 Å². The molecular formula is C57H36N4O. The molecule has 0 saturated heterocycles. The lowest BCUT2D eigenvalue weighted by Gasteiger charge is -2.10. The van der Waals surface area contributed by atoms with Crippen molar-refractivity contribution in [1.29, 1.82) is 0 Å². The van der Waals surface area contributed by atoms with Gasteiger partial charge in [-0.25, -0.2) is 15.0 Å². The van der Waals surface area contributed by atoms with Crippen molar-refractivity contribution in [1.82, 2.24) is 19.5 Å². The second-order valence-corrected chi connectivity index (χ2v) is 15.6. The number of furan rings is 1. The Hall–Kier alpha value is -8.41. The van der Waals surface area contributed by atoms with Gasteiger partial charge in [-0.1, -0.05) is 176 Å². The molecule has 0 aliphatic heterocycles. The van der Waals surface area contributed by atoms with E-state index in [-0.39, 0.29) is 0 Å². The minimum Gasteiger partial charge on any atom is -0.456 e. The van der Waals surface area contributed by atoms with Gasteiger partial charge in [0, 0.05) is 43.9 Å². The van der Waals surface area contributed by atoms with E-state index in [1.165, 1.54) is 27.5 Å². The van der Waals surface area contributed by atoms with Gasteiger partial charge in [-0.15, -0.1) is 0 Å². The molecular weight excluding hydrogens is 757 g/mol. The molecule has 0 amide bonds. The Bertz CT molecular complexity index is 3590. The quantitative estimate of drug-likeness (QED) is 0.161. The summed E-state index contributed by atoms with van der Waals surface area (Å²) in [7, 11) is 0. The van der Waals surface area contributed by atoms with Gasteiger partial charge >= 0.3 is 0 Å². The summed E-state index contributed by atoms with van der Waals surface area (Å²) in [4.78, 5) is 15.0. The Labute approximate surface area is 357 Å². The number of hydrogen-bond acceptors (Lipinski definition) is 4. The first kappa shape index (κ1) is 35.5. The van der Waals surface area contributed by atoms with Crippen LogP contribution >= 0.6 is 0 Å². The van der Waals surface area contributed by atoms with Gasteiger partial charge in [-0.05, 0) is 75.8 Å². The molecule has 5 nitrogen and oxygen atoms in total. The zero-order valence-electron chi connectivity index (χ0n) is 33.5. The molecule has 3 aromatic heterocycles. The van der Waals surface area contributed by atoms with Gasteiger partial charge in [0.2, 0.25) is 0 Å². The van der Waals surface area contributed by atoms with E-state index in [2.05, 4.69) is 187 Å². The lowest BCUT2D eigenvalue weighted by atomic mass is 9.98. The molecule has 9 aromatic carbocycles. The van der Waals surface area contributed by atoms with Crippen molar-refractivity contribution in [2.75, 3.05) is 0 Å². The van der Waals surface area contributed by atoms with Crippen LogP contribution in [0.2, 0.25) is 0 Å². The summed E-state index contributed by atoms with van der Waals surface area (Å²) in [6.07, 6.45) is 0. The third-order valence-electron chi connectivity index (χ3n) is 11.9. The van der Waals surface area contributed by atoms with Crippen molar-refractivity contribution in [2.24, 2.45) is 0 Å². The topological polar surface area (TPSA) is 56.7 Å². The Morgan fingerprint density at radius 3 is 1.47 bits per heavy atom. The summed E-state index contributed by atoms with van der Waals surface area (Å²) in [5, 5.41) is 4.59. The molecule has 0 unspecified atom stereocenters. The highest BCUT2D eigenvalue weighted by molar-refractivity contribution is 6.14. The maximum Gasteiger partial charge on any atom is 0.164 e. The van der Waals surface area contributed by atoms with Gasteiger partial charge < -0.3 is 8.98 Å². The fourth-order valence-corrected chi connectivity index (χ4v) is 8.85. The normalized spacial score (nSPS) is 11.5. The fraction of sp³-hybridized carbons (Fsp3) is 0. The predicted molar refractivity (Wildman–Crippen MR) is 254 cm³/mol.